The lowest BCUT2D eigenvalue weighted by Crippen LogP contribution is -2.25. The van der Waals surface area contributed by atoms with E-state index in [9.17, 15) is 5.11 Å². The van der Waals surface area contributed by atoms with Gasteiger partial charge in [-0.05, 0) is 110 Å². The Bertz CT molecular complexity index is 917. The van der Waals surface area contributed by atoms with E-state index in [1.54, 1.807) is 0 Å². The van der Waals surface area contributed by atoms with Crippen LogP contribution in [0.1, 0.15) is 101 Å². The Morgan fingerprint density at radius 2 is 1.57 bits per heavy atom. The Morgan fingerprint density at radius 3 is 2.17 bits per heavy atom. The molecule has 0 saturated heterocycles. The molecule has 2 heteroatoms. The summed E-state index contributed by atoms with van der Waals surface area (Å²) in [6, 6.07) is 15.4. The van der Waals surface area contributed by atoms with Crippen LogP contribution < -0.4 is 5.32 Å². The standard InChI is InChI=1S/C33H47NO/c1-4-6-7-8-25-9-11-26(12-10-25)27-13-15-28(16-14-27)30-19-22-32(24(3)23-30)29-17-20-31(21-18-29)34-33(35)5-2/h5,17-23,25-28,33-35H,2,4,6-16H2,1,3H3. The second-order valence-electron chi connectivity index (χ2n) is 11.4. The van der Waals surface area contributed by atoms with Gasteiger partial charge < -0.3 is 10.4 Å². The summed E-state index contributed by atoms with van der Waals surface area (Å²) in [5.74, 6) is 3.75. The molecule has 2 aliphatic rings. The second-order valence-corrected chi connectivity index (χ2v) is 11.4. The Labute approximate surface area is 214 Å². The van der Waals surface area contributed by atoms with Gasteiger partial charge in [0.15, 0.2) is 0 Å². The van der Waals surface area contributed by atoms with Crippen LogP contribution in [0, 0.1) is 24.7 Å². The summed E-state index contributed by atoms with van der Waals surface area (Å²) < 4.78 is 0. The Balaban J connectivity index is 1.28. The number of nitrogens with one attached hydrogen (secondary N) is 1. The van der Waals surface area contributed by atoms with Crippen LogP contribution in [0.2, 0.25) is 0 Å². The zero-order chi connectivity index (χ0) is 24.6. The molecular weight excluding hydrogens is 426 g/mol. The molecule has 0 aromatic heterocycles. The number of unbranched alkanes of at least 4 members (excludes halogenated alkanes) is 2. The smallest absolute Gasteiger partial charge is 0.143 e. The van der Waals surface area contributed by atoms with Gasteiger partial charge in [-0.15, -0.1) is 0 Å². The van der Waals surface area contributed by atoms with Crippen molar-refractivity contribution in [3.63, 3.8) is 0 Å². The Morgan fingerprint density at radius 1 is 0.914 bits per heavy atom. The highest BCUT2D eigenvalue weighted by molar-refractivity contribution is 5.69. The molecule has 190 valence electrons. The summed E-state index contributed by atoms with van der Waals surface area (Å²) >= 11 is 0. The van der Waals surface area contributed by atoms with Crippen LogP contribution in [0.5, 0.6) is 0 Å². The van der Waals surface area contributed by atoms with E-state index in [0.717, 1.165) is 29.4 Å². The third kappa shape index (κ3) is 7.00. The van der Waals surface area contributed by atoms with E-state index in [1.807, 2.05) is 12.1 Å². The molecule has 2 nitrogen and oxygen atoms in total. The molecule has 0 spiro atoms. The van der Waals surface area contributed by atoms with Crippen LogP contribution in [-0.2, 0) is 0 Å². The van der Waals surface area contributed by atoms with Gasteiger partial charge in [0.1, 0.15) is 6.23 Å². The minimum atomic E-state index is -0.720. The lowest BCUT2D eigenvalue weighted by Gasteiger charge is -2.38. The summed E-state index contributed by atoms with van der Waals surface area (Å²) in [6.45, 7) is 8.17. The number of aliphatic hydroxyl groups is 1. The van der Waals surface area contributed by atoms with Crippen LogP contribution >= 0.6 is 0 Å². The lowest BCUT2D eigenvalue weighted by molar-refractivity contribution is 0.155. The van der Waals surface area contributed by atoms with Crippen molar-refractivity contribution in [2.45, 2.75) is 103 Å². The van der Waals surface area contributed by atoms with Crippen molar-refractivity contribution in [2.24, 2.45) is 17.8 Å². The van der Waals surface area contributed by atoms with Crippen molar-refractivity contribution in [3.05, 3.63) is 66.2 Å². The average Bonchev–Trinajstić information content (AvgIpc) is 2.90. The molecular formula is C33H47NO. The molecule has 0 bridgehead atoms. The topological polar surface area (TPSA) is 32.3 Å². The van der Waals surface area contributed by atoms with Gasteiger partial charge in [-0.1, -0.05) is 82.4 Å². The monoisotopic (exact) mass is 473 g/mol. The van der Waals surface area contributed by atoms with Gasteiger partial charge in [0.25, 0.3) is 0 Å². The summed E-state index contributed by atoms with van der Waals surface area (Å²) in [7, 11) is 0. The highest BCUT2D eigenvalue weighted by atomic mass is 16.3. The van der Waals surface area contributed by atoms with Crippen LogP contribution in [0.15, 0.2) is 55.1 Å². The third-order valence-corrected chi connectivity index (χ3v) is 9.00. The van der Waals surface area contributed by atoms with E-state index < -0.39 is 6.23 Å². The van der Waals surface area contributed by atoms with Crippen molar-refractivity contribution in [1.29, 1.82) is 0 Å². The molecule has 0 heterocycles. The number of rotatable bonds is 10. The van der Waals surface area contributed by atoms with E-state index in [2.05, 4.69) is 56.1 Å². The predicted octanol–water partition coefficient (Wildman–Crippen LogP) is 9.24. The quantitative estimate of drug-likeness (QED) is 0.205. The van der Waals surface area contributed by atoms with Gasteiger partial charge >= 0.3 is 0 Å². The zero-order valence-corrected chi connectivity index (χ0v) is 22.1. The van der Waals surface area contributed by atoms with E-state index in [-0.39, 0.29) is 0 Å². The van der Waals surface area contributed by atoms with E-state index in [4.69, 9.17) is 0 Å². The normalized spacial score (nSPS) is 25.7. The Kier molecular flexibility index (Phi) is 9.49. The molecule has 2 aromatic rings. The van der Waals surface area contributed by atoms with Gasteiger partial charge in [0, 0.05) is 5.69 Å². The summed E-state index contributed by atoms with van der Waals surface area (Å²) in [4.78, 5) is 0. The van der Waals surface area contributed by atoms with Crippen LogP contribution in [-0.4, -0.2) is 11.3 Å². The second kappa shape index (κ2) is 12.8. The number of anilines is 1. The number of benzene rings is 2. The molecule has 2 aromatic carbocycles. The first-order chi connectivity index (χ1) is 17.1. The fraction of sp³-hybridized carbons (Fsp3) is 0.576. The van der Waals surface area contributed by atoms with Crippen LogP contribution in [0.25, 0.3) is 11.1 Å². The minimum absolute atomic E-state index is 0.720. The average molecular weight is 474 g/mol. The molecule has 1 atom stereocenters. The van der Waals surface area contributed by atoms with Gasteiger partial charge in [-0.3, -0.25) is 0 Å². The molecule has 35 heavy (non-hydrogen) atoms. The largest absolute Gasteiger partial charge is 0.370 e. The maximum Gasteiger partial charge on any atom is 0.143 e. The van der Waals surface area contributed by atoms with Crippen molar-refractivity contribution >= 4 is 5.69 Å². The fourth-order valence-corrected chi connectivity index (χ4v) is 6.80. The van der Waals surface area contributed by atoms with Gasteiger partial charge in [-0.25, -0.2) is 0 Å². The number of hydrogen-bond acceptors (Lipinski definition) is 2. The third-order valence-electron chi connectivity index (χ3n) is 9.00. The first kappa shape index (κ1) is 26.0. The van der Waals surface area contributed by atoms with Gasteiger partial charge in [0.2, 0.25) is 0 Å². The van der Waals surface area contributed by atoms with Gasteiger partial charge in [0.05, 0.1) is 0 Å². The molecule has 0 aliphatic heterocycles. The SMILES string of the molecule is C=CC(O)Nc1ccc(-c2ccc(C3CCC(C4CCC(CCCCC)CC4)CC3)cc2C)cc1. The molecule has 4 rings (SSSR count). The molecule has 2 aliphatic carbocycles. The maximum atomic E-state index is 9.70. The first-order valence-electron chi connectivity index (χ1n) is 14.4. The van der Waals surface area contributed by atoms with Crippen LogP contribution in [0.3, 0.4) is 0 Å². The predicted molar refractivity (Wildman–Crippen MR) is 151 cm³/mol. The molecule has 0 radical (unpaired) electrons. The van der Waals surface area contributed by atoms with Crippen LogP contribution in [0.4, 0.5) is 5.69 Å². The molecule has 2 N–H and O–H groups in total. The highest BCUT2D eigenvalue weighted by Gasteiger charge is 2.31. The minimum Gasteiger partial charge on any atom is -0.370 e. The molecule has 1 unspecified atom stereocenters. The van der Waals surface area contributed by atoms with E-state index in [1.165, 1.54) is 105 Å². The van der Waals surface area contributed by atoms with Crippen molar-refractivity contribution in [1.82, 2.24) is 0 Å². The highest BCUT2D eigenvalue weighted by Crippen LogP contribution is 2.45. The van der Waals surface area contributed by atoms with Crippen molar-refractivity contribution < 1.29 is 5.11 Å². The lowest BCUT2D eigenvalue weighted by atomic mass is 9.68. The summed E-state index contributed by atoms with van der Waals surface area (Å²) in [5, 5.41) is 12.7. The fourth-order valence-electron chi connectivity index (χ4n) is 6.80. The van der Waals surface area contributed by atoms with E-state index in [0.29, 0.717) is 0 Å². The Hall–Kier alpha value is -2.06. The van der Waals surface area contributed by atoms with Crippen molar-refractivity contribution in [2.75, 3.05) is 5.32 Å². The molecule has 2 fully saturated rings. The number of aryl methyl sites for hydroxylation is 1. The summed E-state index contributed by atoms with van der Waals surface area (Å²) in [5.41, 5.74) is 6.32. The zero-order valence-electron chi connectivity index (χ0n) is 22.1. The maximum absolute atomic E-state index is 9.70. The van der Waals surface area contributed by atoms with E-state index >= 15 is 0 Å². The molecule has 2 saturated carbocycles. The molecule has 0 amide bonds. The number of hydrogen-bond donors (Lipinski definition) is 2. The van der Waals surface area contributed by atoms with Gasteiger partial charge in [-0.2, -0.15) is 0 Å². The first-order valence-corrected chi connectivity index (χ1v) is 14.4. The van der Waals surface area contributed by atoms with Crippen molar-refractivity contribution in [3.8, 4) is 11.1 Å². The summed E-state index contributed by atoms with van der Waals surface area (Å²) in [6.07, 6.45) is 18.1. The number of aliphatic hydroxyl groups excluding tert-OH is 1.